The van der Waals surface area contributed by atoms with Crippen molar-refractivity contribution in [1.29, 1.82) is 0 Å². The number of anilines is 1. The van der Waals surface area contributed by atoms with E-state index >= 15 is 0 Å². The first kappa shape index (κ1) is 17.5. The summed E-state index contributed by atoms with van der Waals surface area (Å²) < 4.78 is 5.62. The van der Waals surface area contributed by atoms with Crippen molar-refractivity contribution < 1.29 is 14.3 Å². The van der Waals surface area contributed by atoms with Crippen LogP contribution in [0.2, 0.25) is 0 Å². The molecule has 1 aromatic carbocycles. The van der Waals surface area contributed by atoms with Crippen molar-refractivity contribution in [1.82, 2.24) is 0 Å². The zero-order valence-electron chi connectivity index (χ0n) is 15.7. The van der Waals surface area contributed by atoms with Gasteiger partial charge in [0, 0.05) is 16.6 Å². The van der Waals surface area contributed by atoms with E-state index < -0.39 is 5.41 Å². The molecule has 1 aliphatic heterocycles. The molecule has 5 heteroatoms. The summed E-state index contributed by atoms with van der Waals surface area (Å²) in [5.41, 5.74) is 1.66. The molecule has 5 aliphatic rings. The molecule has 144 valence electrons. The number of rotatable bonds is 3. The van der Waals surface area contributed by atoms with Crippen LogP contribution < -0.4 is 4.90 Å². The molecule has 4 saturated carbocycles. The summed E-state index contributed by atoms with van der Waals surface area (Å²) in [4.78, 5) is 27.4. The average Bonchev–Trinajstić information content (AvgIpc) is 2.93. The van der Waals surface area contributed by atoms with Gasteiger partial charge in [0.2, 0.25) is 0 Å². The zero-order chi connectivity index (χ0) is 18.8. The normalized spacial score (nSPS) is 38.7. The van der Waals surface area contributed by atoms with Crippen LogP contribution >= 0.6 is 11.6 Å². The zero-order valence-corrected chi connectivity index (χ0v) is 16.5. The van der Waals surface area contributed by atoms with Crippen LogP contribution in [0.5, 0.6) is 0 Å². The molecule has 5 atom stereocenters. The van der Waals surface area contributed by atoms with Crippen molar-refractivity contribution in [3.8, 4) is 0 Å². The second-order valence-corrected chi connectivity index (χ2v) is 10.2. The van der Waals surface area contributed by atoms with Gasteiger partial charge in [-0.05, 0) is 75.3 Å². The van der Waals surface area contributed by atoms with Gasteiger partial charge in [-0.25, -0.2) is 0 Å². The van der Waals surface area contributed by atoms with Crippen molar-refractivity contribution in [3.05, 3.63) is 29.8 Å². The van der Waals surface area contributed by atoms with E-state index in [9.17, 15) is 9.59 Å². The third kappa shape index (κ3) is 2.79. The van der Waals surface area contributed by atoms with Crippen LogP contribution in [0, 0.1) is 17.3 Å². The van der Waals surface area contributed by atoms with E-state index in [4.69, 9.17) is 16.3 Å². The minimum absolute atomic E-state index is 0.0965. The van der Waals surface area contributed by atoms with E-state index in [-0.39, 0.29) is 29.4 Å². The molecule has 0 radical (unpaired) electrons. The van der Waals surface area contributed by atoms with Crippen molar-refractivity contribution in [3.63, 3.8) is 0 Å². The van der Waals surface area contributed by atoms with Gasteiger partial charge in [0.15, 0.2) is 6.61 Å². The van der Waals surface area contributed by atoms with E-state index in [1.165, 1.54) is 12.0 Å². The summed E-state index contributed by atoms with van der Waals surface area (Å²) in [5.74, 6) is 0.746. The topological polar surface area (TPSA) is 46.6 Å². The average molecular weight is 388 g/mol. The lowest BCUT2D eigenvalue weighted by molar-refractivity contribution is -0.171. The molecule has 27 heavy (non-hydrogen) atoms. The Morgan fingerprint density at radius 1 is 1.19 bits per heavy atom. The second-order valence-electron chi connectivity index (χ2n) is 9.41. The number of para-hydroxylation sites is 1. The number of esters is 1. The Labute approximate surface area is 165 Å². The molecule has 6 rings (SSSR count). The third-order valence-corrected chi connectivity index (χ3v) is 7.67. The van der Waals surface area contributed by atoms with Gasteiger partial charge in [0.25, 0.3) is 5.91 Å². The predicted molar refractivity (Wildman–Crippen MR) is 104 cm³/mol. The number of hydrogen-bond acceptors (Lipinski definition) is 3. The summed E-state index contributed by atoms with van der Waals surface area (Å²) in [6, 6.07) is 8.06. The van der Waals surface area contributed by atoms with Gasteiger partial charge in [0.05, 0.1) is 5.41 Å². The highest BCUT2D eigenvalue weighted by Crippen LogP contribution is 2.64. The maximum Gasteiger partial charge on any atom is 0.312 e. The summed E-state index contributed by atoms with van der Waals surface area (Å²) >= 11 is 6.82. The number of benzene rings is 1. The molecule has 0 saturated heterocycles. The number of hydrogen-bond donors (Lipinski definition) is 0. The highest BCUT2D eigenvalue weighted by Gasteiger charge is 2.60. The number of halogens is 1. The minimum Gasteiger partial charge on any atom is -0.455 e. The summed E-state index contributed by atoms with van der Waals surface area (Å²) in [7, 11) is 0. The third-order valence-electron chi connectivity index (χ3n) is 7.23. The van der Waals surface area contributed by atoms with Gasteiger partial charge in [-0.15, -0.1) is 11.6 Å². The van der Waals surface area contributed by atoms with E-state index in [1.807, 2.05) is 25.1 Å². The largest absolute Gasteiger partial charge is 0.455 e. The fraction of sp³-hybridized carbons (Fsp3) is 0.636. The van der Waals surface area contributed by atoms with Gasteiger partial charge in [0.1, 0.15) is 0 Å². The van der Waals surface area contributed by atoms with Crippen LogP contribution in [0.3, 0.4) is 0 Å². The molecule has 4 aliphatic carbocycles. The maximum atomic E-state index is 13.0. The Balaban J connectivity index is 1.28. The van der Waals surface area contributed by atoms with Crippen LogP contribution in [0.1, 0.15) is 51.0 Å². The predicted octanol–water partition coefficient (Wildman–Crippen LogP) is 4.09. The fourth-order valence-corrected chi connectivity index (χ4v) is 7.38. The smallest absolute Gasteiger partial charge is 0.312 e. The van der Waals surface area contributed by atoms with Crippen LogP contribution in [-0.2, 0) is 20.7 Å². The highest BCUT2D eigenvalue weighted by atomic mass is 35.5. The van der Waals surface area contributed by atoms with Gasteiger partial charge >= 0.3 is 5.97 Å². The first-order valence-electron chi connectivity index (χ1n) is 10.1. The van der Waals surface area contributed by atoms with Gasteiger partial charge in [-0.1, -0.05) is 18.2 Å². The van der Waals surface area contributed by atoms with E-state index in [1.54, 1.807) is 4.90 Å². The molecular formula is C22H26ClNO3. The quantitative estimate of drug-likeness (QED) is 0.579. The van der Waals surface area contributed by atoms with Crippen molar-refractivity contribution in [2.24, 2.45) is 17.3 Å². The Morgan fingerprint density at radius 2 is 1.89 bits per heavy atom. The van der Waals surface area contributed by atoms with Crippen LogP contribution in [0.4, 0.5) is 5.69 Å². The van der Waals surface area contributed by atoms with Crippen molar-refractivity contribution in [2.75, 3.05) is 11.5 Å². The summed E-state index contributed by atoms with van der Waals surface area (Å²) in [6.45, 7) is 1.86. The lowest BCUT2D eigenvalue weighted by atomic mass is 9.49. The molecule has 0 spiro atoms. The van der Waals surface area contributed by atoms with E-state index in [2.05, 4.69) is 6.07 Å². The molecule has 2 unspecified atom stereocenters. The first-order chi connectivity index (χ1) is 12.9. The molecule has 4 bridgehead atoms. The molecule has 4 nitrogen and oxygen atoms in total. The standard InChI is InChI=1S/C22H26ClNO3/c1-14-6-17-4-2-3-5-18(17)24(14)19(25)12-27-20(26)21-8-15-7-16(9-21)11-22(23,10-15)13-21/h2-5,14-16H,6-13H2,1H3/t14-,15-,16+,21?,22?/m1/s1. The number of carbonyl (C=O) groups excluding carboxylic acids is 2. The molecule has 1 amide bonds. The second kappa shape index (κ2) is 5.97. The number of nitrogens with zero attached hydrogens (tertiary/aromatic N) is 1. The van der Waals surface area contributed by atoms with Crippen LogP contribution in [0.25, 0.3) is 0 Å². The number of fused-ring (bicyclic) bond motifs is 1. The first-order valence-corrected chi connectivity index (χ1v) is 10.5. The van der Waals surface area contributed by atoms with Gasteiger partial charge in [-0.2, -0.15) is 0 Å². The Morgan fingerprint density at radius 3 is 2.59 bits per heavy atom. The lowest BCUT2D eigenvalue weighted by Gasteiger charge is -2.58. The number of alkyl halides is 1. The highest BCUT2D eigenvalue weighted by molar-refractivity contribution is 6.24. The van der Waals surface area contributed by atoms with Crippen molar-refractivity contribution >= 4 is 29.2 Å². The fourth-order valence-electron chi connectivity index (χ4n) is 6.69. The SMILES string of the molecule is C[C@@H]1Cc2ccccc2N1C(=O)COC(=O)C12C[C@@H]3C[C@@H](CC(Cl)(C3)C1)C2. The van der Waals surface area contributed by atoms with Gasteiger partial charge < -0.3 is 9.64 Å². The number of carbonyl (C=O) groups is 2. The number of ether oxygens (including phenoxy) is 1. The maximum absolute atomic E-state index is 13.0. The Kier molecular flexibility index (Phi) is 3.88. The molecular weight excluding hydrogens is 362 g/mol. The summed E-state index contributed by atoms with van der Waals surface area (Å²) in [6.07, 6.45) is 6.58. The van der Waals surface area contributed by atoms with E-state index in [0.29, 0.717) is 18.3 Å². The lowest BCUT2D eigenvalue weighted by Crippen LogP contribution is -2.56. The molecule has 0 N–H and O–H groups in total. The number of amides is 1. The molecule has 4 fully saturated rings. The minimum atomic E-state index is -0.458. The van der Waals surface area contributed by atoms with Gasteiger partial charge in [-0.3, -0.25) is 9.59 Å². The monoisotopic (exact) mass is 387 g/mol. The molecule has 1 heterocycles. The molecule has 0 aromatic heterocycles. The van der Waals surface area contributed by atoms with Crippen LogP contribution in [0.15, 0.2) is 24.3 Å². The molecule has 1 aromatic rings. The van der Waals surface area contributed by atoms with Crippen molar-refractivity contribution in [2.45, 2.75) is 62.8 Å². The Bertz CT molecular complexity index is 793. The Hall–Kier alpha value is -1.55. The summed E-state index contributed by atoms with van der Waals surface area (Å²) in [5, 5.41) is 0. The van der Waals surface area contributed by atoms with Crippen LogP contribution in [-0.4, -0.2) is 29.4 Å². The van der Waals surface area contributed by atoms with E-state index in [0.717, 1.165) is 37.8 Å².